The van der Waals surface area contributed by atoms with Crippen molar-refractivity contribution in [2.75, 3.05) is 26.4 Å². The SMILES string of the molecule is CN=C(NCC1(C)CCCC1)NCC(C)(C)SC.I. The molecule has 0 aromatic rings. The Morgan fingerprint density at radius 3 is 2.32 bits per heavy atom. The van der Waals surface area contributed by atoms with Crippen molar-refractivity contribution < 1.29 is 0 Å². The van der Waals surface area contributed by atoms with Crippen LogP contribution in [0.25, 0.3) is 0 Å². The molecule has 0 amide bonds. The lowest BCUT2D eigenvalue weighted by Crippen LogP contribution is -2.46. The number of nitrogens with one attached hydrogen (secondary N) is 2. The van der Waals surface area contributed by atoms with Crippen molar-refractivity contribution in [1.82, 2.24) is 10.6 Å². The molecule has 1 aliphatic rings. The van der Waals surface area contributed by atoms with E-state index in [4.69, 9.17) is 0 Å². The Morgan fingerprint density at radius 2 is 1.84 bits per heavy atom. The van der Waals surface area contributed by atoms with Gasteiger partial charge in [-0.2, -0.15) is 11.8 Å². The fourth-order valence-corrected chi connectivity index (χ4v) is 2.51. The Bertz CT molecular complexity index is 286. The quantitative estimate of drug-likeness (QED) is 0.422. The van der Waals surface area contributed by atoms with Crippen molar-refractivity contribution in [1.29, 1.82) is 0 Å². The molecule has 5 heteroatoms. The van der Waals surface area contributed by atoms with Crippen LogP contribution in [0.4, 0.5) is 0 Å². The van der Waals surface area contributed by atoms with Gasteiger partial charge in [0.1, 0.15) is 0 Å². The number of halogens is 1. The molecule has 0 spiro atoms. The summed E-state index contributed by atoms with van der Waals surface area (Å²) in [7, 11) is 1.85. The maximum absolute atomic E-state index is 4.30. The van der Waals surface area contributed by atoms with Gasteiger partial charge in [0.15, 0.2) is 5.96 Å². The molecule has 0 unspecified atom stereocenters. The van der Waals surface area contributed by atoms with Crippen LogP contribution in [0.2, 0.25) is 0 Å². The zero-order valence-electron chi connectivity index (χ0n) is 13.0. The van der Waals surface area contributed by atoms with Gasteiger partial charge in [0, 0.05) is 24.9 Å². The molecule has 1 fully saturated rings. The zero-order valence-corrected chi connectivity index (χ0v) is 16.2. The second-order valence-electron chi connectivity index (χ2n) is 6.26. The summed E-state index contributed by atoms with van der Waals surface area (Å²) in [6.07, 6.45) is 7.59. The van der Waals surface area contributed by atoms with Gasteiger partial charge in [-0.1, -0.05) is 19.8 Å². The minimum atomic E-state index is 0. The van der Waals surface area contributed by atoms with Crippen LogP contribution in [0, 0.1) is 5.41 Å². The summed E-state index contributed by atoms with van der Waals surface area (Å²) in [5.41, 5.74) is 0.465. The van der Waals surface area contributed by atoms with E-state index in [1.54, 1.807) is 0 Å². The van der Waals surface area contributed by atoms with Crippen LogP contribution in [-0.4, -0.2) is 37.1 Å². The molecule has 1 aliphatic carbocycles. The predicted molar refractivity (Wildman–Crippen MR) is 98.9 cm³/mol. The van der Waals surface area contributed by atoms with Gasteiger partial charge in [0.05, 0.1) is 0 Å². The summed E-state index contributed by atoms with van der Waals surface area (Å²) in [5, 5.41) is 6.90. The normalized spacial score (nSPS) is 18.9. The molecule has 0 aromatic heterocycles. The van der Waals surface area contributed by atoms with Gasteiger partial charge in [0.25, 0.3) is 0 Å². The molecule has 0 radical (unpaired) electrons. The van der Waals surface area contributed by atoms with Crippen LogP contribution < -0.4 is 10.6 Å². The van der Waals surface area contributed by atoms with Crippen LogP contribution >= 0.6 is 35.7 Å². The summed E-state index contributed by atoms with van der Waals surface area (Å²) in [6.45, 7) is 8.84. The molecule has 0 aliphatic heterocycles. The first-order valence-electron chi connectivity index (χ1n) is 6.90. The summed E-state index contributed by atoms with van der Waals surface area (Å²) < 4.78 is 0.245. The molecular formula is C14H30IN3S. The molecule has 0 heterocycles. The third-order valence-corrected chi connectivity index (χ3v) is 5.20. The van der Waals surface area contributed by atoms with E-state index in [-0.39, 0.29) is 28.7 Å². The highest BCUT2D eigenvalue weighted by Gasteiger charge is 2.28. The minimum absolute atomic E-state index is 0. The maximum atomic E-state index is 4.30. The number of hydrogen-bond acceptors (Lipinski definition) is 2. The molecule has 19 heavy (non-hydrogen) atoms. The second-order valence-corrected chi connectivity index (χ2v) is 7.77. The van der Waals surface area contributed by atoms with E-state index in [1.165, 1.54) is 25.7 Å². The molecule has 0 saturated heterocycles. The molecule has 1 saturated carbocycles. The first-order chi connectivity index (χ1) is 8.41. The average Bonchev–Trinajstić information content (AvgIpc) is 2.77. The minimum Gasteiger partial charge on any atom is -0.356 e. The summed E-state index contributed by atoms with van der Waals surface area (Å²) in [6, 6.07) is 0. The Morgan fingerprint density at radius 1 is 1.26 bits per heavy atom. The Hall–Kier alpha value is 0.350. The number of rotatable bonds is 5. The van der Waals surface area contributed by atoms with Crippen molar-refractivity contribution in [3.63, 3.8) is 0 Å². The average molecular weight is 399 g/mol. The van der Waals surface area contributed by atoms with Gasteiger partial charge < -0.3 is 10.6 Å². The fourth-order valence-electron chi connectivity index (χ4n) is 2.29. The molecule has 0 aromatic carbocycles. The second kappa shape index (κ2) is 8.60. The van der Waals surface area contributed by atoms with E-state index >= 15 is 0 Å². The van der Waals surface area contributed by atoms with Crippen molar-refractivity contribution >= 4 is 41.7 Å². The molecule has 114 valence electrons. The van der Waals surface area contributed by atoms with E-state index in [0.717, 1.165) is 19.0 Å². The summed E-state index contributed by atoms with van der Waals surface area (Å²) in [4.78, 5) is 4.30. The van der Waals surface area contributed by atoms with Crippen molar-refractivity contribution in [3.8, 4) is 0 Å². The summed E-state index contributed by atoms with van der Waals surface area (Å²) >= 11 is 1.88. The van der Waals surface area contributed by atoms with E-state index in [0.29, 0.717) is 5.41 Å². The molecular weight excluding hydrogens is 369 g/mol. The van der Waals surface area contributed by atoms with Gasteiger partial charge in [-0.05, 0) is 38.4 Å². The van der Waals surface area contributed by atoms with Gasteiger partial charge in [-0.3, -0.25) is 4.99 Å². The lowest BCUT2D eigenvalue weighted by atomic mass is 9.89. The maximum Gasteiger partial charge on any atom is 0.191 e. The van der Waals surface area contributed by atoms with Crippen LogP contribution in [-0.2, 0) is 0 Å². The third-order valence-electron chi connectivity index (χ3n) is 3.95. The lowest BCUT2D eigenvalue weighted by Gasteiger charge is -2.27. The molecule has 1 rings (SSSR count). The first-order valence-corrected chi connectivity index (χ1v) is 8.13. The highest BCUT2D eigenvalue weighted by Crippen LogP contribution is 2.36. The molecule has 3 nitrogen and oxygen atoms in total. The topological polar surface area (TPSA) is 36.4 Å². The van der Waals surface area contributed by atoms with Crippen LogP contribution in [0.5, 0.6) is 0 Å². The summed E-state index contributed by atoms with van der Waals surface area (Å²) in [5.74, 6) is 0.935. The number of thioether (sulfide) groups is 1. The Labute approximate surface area is 140 Å². The van der Waals surface area contributed by atoms with E-state index in [1.807, 2.05) is 18.8 Å². The molecule has 0 atom stereocenters. The number of aliphatic imine (C=N–C) groups is 1. The fraction of sp³-hybridized carbons (Fsp3) is 0.929. The third kappa shape index (κ3) is 7.06. The Balaban J connectivity index is 0.00000324. The van der Waals surface area contributed by atoms with Gasteiger partial charge in [-0.25, -0.2) is 0 Å². The highest BCUT2D eigenvalue weighted by atomic mass is 127. The smallest absolute Gasteiger partial charge is 0.191 e. The first kappa shape index (κ1) is 19.4. The zero-order chi connectivity index (χ0) is 13.6. The largest absolute Gasteiger partial charge is 0.356 e. The predicted octanol–water partition coefficient (Wildman–Crippen LogP) is 3.49. The van der Waals surface area contributed by atoms with E-state index < -0.39 is 0 Å². The van der Waals surface area contributed by atoms with Crippen LogP contribution in [0.15, 0.2) is 4.99 Å². The van der Waals surface area contributed by atoms with Gasteiger partial charge in [-0.15, -0.1) is 24.0 Å². The Kier molecular flexibility index (Phi) is 8.75. The van der Waals surface area contributed by atoms with Gasteiger partial charge in [0.2, 0.25) is 0 Å². The molecule has 0 bridgehead atoms. The van der Waals surface area contributed by atoms with E-state index in [9.17, 15) is 0 Å². The van der Waals surface area contributed by atoms with Gasteiger partial charge >= 0.3 is 0 Å². The van der Waals surface area contributed by atoms with Crippen molar-refractivity contribution in [2.24, 2.45) is 10.4 Å². The van der Waals surface area contributed by atoms with Crippen LogP contribution in [0.3, 0.4) is 0 Å². The number of guanidine groups is 1. The standard InChI is InChI=1S/C14H29N3S.HI/c1-13(2,18-5)10-16-12(15-4)17-11-14(3)8-6-7-9-14;/h6-11H2,1-5H3,(H2,15,16,17);1H. The monoisotopic (exact) mass is 399 g/mol. The van der Waals surface area contributed by atoms with Crippen LogP contribution in [0.1, 0.15) is 46.5 Å². The molecule has 2 N–H and O–H groups in total. The lowest BCUT2D eigenvalue weighted by molar-refractivity contribution is 0.334. The van der Waals surface area contributed by atoms with E-state index in [2.05, 4.69) is 42.7 Å². The van der Waals surface area contributed by atoms with Crippen molar-refractivity contribution in [3.05, 3.63) is 0 Å². The number of nitrogens with zero attached hydrogens (tertiary/aromatic N) is 1. The highest BCUT2D eigenvalue weighted by molar-refractivity contribution is 14.0. The van der Waals surface area contributed by atoms with Crippen molar-refractivity contribution in [2.45, 2.75) is 51.2 Å². The number of hydrogen-bond donors (Lipinski definition) is 2.